The lowest BCUT2D eigenvalue weighted by molar-refractivity contribution is -0.0876. The van der Waals surface area contributed by atoms with Gasteiger partial charge in [0.05, 0.1) is 5.60 Å². The molecule has 0 saturated heterocycles. The standard InChI is InChI=1S/C16H27BrO2Si/c1-12(16(5,19-20)15(2,3)4)18-14-8-6-7-13(11-14)9-10-17/h6-8,11-12H,9-10H2,1-5,20H3. The molecule has 0 fully saturated rings. The maximum Gasteiger partial charge on any atom is 0.147 e. The van der Waals surface area contributed by atoms with E-state index in [9.17, 15) is 0 Å². The van der Waals surface area contributed by atoms with Gasteiger partial charge in [-0.2, -0.15) is 0 Å². The van der Waals surface area contributed by atoms with Gasteiger partial charge in [-0.3, -0.25) is 0 Å². The van der Waals surface area contributed by atoms with Gasteiger partial charge in [0.1, 0.15) is 22.3 Å². The number of benzene rings is 1. The predicted octanol–water partition coefficient (Wildman–Crippen LogP) is 3.49. The van der Waals surface area contributed by atoms with Gasteiger partial charge in [-0.1, -0.05) is 48.8 Å². The molecule has 0 heterocycles. The zero-order chi connectivity index (χ0) is 15.4. The zero-order valence-electron chi connectivity index (χ0n) is 13.5. The van der Waals surface area contributed by atoms with Crippen molar-refractivity contribution in [3.05, 3.63) is 29.8 Å². The molecule has 4 heteroatoms. The number of ether oxygens (including phenoxy) is 1. The van der Waals surface area contributed by atoms with Crippen LogP contribution in [0, 0.1) is 5.41 Å². The van der Waals surface area contributed by atoms with Gasteiger partial charge in [-0.15, -0.1) is 0 Å². The Hall–Kier alpha value is -0.323. The normalized spacial score (nSPS) is 16.7. The highest BCUT2D eigenvalue weighted by Crippen LogP contribution is 2.37. The molecule has 1 aromatic carbocycles. The number of halogens is 1. The van der Waals surface area contributed by atoms with Crippen LogP contribution in [0.4, 0.5) is 0 Å². The van der Waals surface area contributed by atoms with Gasteiger partial charge in [0, 0.05) is 5.33 Å². The minimum Gasteiger partial charge on any atom is -0.488 e. The molecule has 0 aliphatic carbocycles. The van der Waals surface area contributed by atoms with Crippen molar-refractivity contribution in [1.82, 2.24) is 0 Å². The third-order valence-corrected chi connectivity index (χ3v) is 5.53. The number of aryl methyl sites for hydroxylation is 1. The van der Waals surface area contributed by atoms with Crippen LogP contribution in [-0.2, 0) is 10.8 Å². The zero-order valence-corrected chi connectivity index (χ0v) is 17.1. The highest BCUT2D eigenvalue weighted by atomic mass is 79.9. The second-order valence-electron chi connectivity index (χ2n) is 6.41. The SMILES string of the molecule is CC(Oc1cccc(CCBr)c1)C(C)(O[SiH3])C(C)(C)C. The third-order valence-electron chi connectivity index (χ3n) is 4.28. The number of hydrogen-bond donors (Lipinski definition) is 0. The summed E-state index contributed by atoms with van der Waals surface area (Å²) in [4.78, 5) is 0. The molecule has 2 atom stereocenters. The van der Waals surface area contributed by atoms with E-state index >= 15 is 0 Å². The minimum atomic E-state index is -0.287. The molecule has 2 unspecified atom stereocenters. The monoisotopic (exact) mass is 358 g/mol. The van der Waals surface area contributed by atoms with E-state index in [1.54, 1.807) is 0 Å². The first-order valence-electron chi connectivity index (χ1n) is 7.11. The van der Waals surface area contributed by atoms with Gasteiger partial charge < -0.3 is 9.16 Å². The van der Waals surface area contributed by atoms with Crippen molar-refractivity contribution in [2.75, 3.05) is 5.33 Å². The fourth-order valence-corrected chi connectivity index (χ4v) is 3.68. The fraction of sp³-hybridized carbons (Fsp3) is 0.625. The molecule has 0 radical (unpaired) electrons. The molecular formula is C16H27BrO2Si. The summed E-state index contributed by atoms with van der Waals surface area (Å²) < 4.78 is 12.1. The molecule has 0 aliphatic heterocycles. The summed E-state index contributed by atoms with van der Waals surface area (Å²) in [5, 5.41) is 0.968. The Morgan fingerprint density at radius 2 is 1.90 bits per heavy atom. The Bertz CT molecular complexity index is 431. The second kappa shape index (κ2) is 7.10. The lowest BCUT2D eigenvalue weighted by atomic mass is 9.74. The van der Waals surface area contributed by atoms with Gasteiger partial charge >= 0.3 is 0 Å². The first-order valence-corrected chi connectivity index (χ1v) is 9.05. The van der Waals surface area contributed by atoms with E-state index < -0.39 is 0 Å². The van der Waals surface area contributed by atoms with Crippen molar-refractivity contribution in [3.8, 4) is 5.75 Å². The van der Waals surface area contributed by atoms with E-state index in [1.807, 2.05) is 6.07 Å². The molecule has 1 rings (SSSR count). The van der Waals surface area contributed by atoms with Crippen LogP contribution in [0.1, 0.15) is 40.2 Å². The van der Waals surface area contributed by atoms with Crippen molar-refractivity contribution in [1.29, 1.82) is 0 Å². The third kappa shape index (κ3) is 4.09. The van der Waals surface area contributed by atoms with Crippen LogP contribution < -0.4 is 4.74 Å². The Balaban J connectivity index is 2.89. The molecule has 20 heavy (non-hydrogen) atoms. The minimum absolute atomic E-state index is 0.000722. The van der Waals surface area contributed by atoms with Crippen molar-refractivity contribution in [3.63, 3.8) is 0 Å². The maximum absolute atomic E-state index is 6.17. The van der Waals surface area contributed by atoms with Gasteiger partial charge in [0.15, 0.2) is 0 Å². The summed E-state index contributed by atoms with van der Waals surface area (Å²) in [6, 6.07) is 8.32. The molecule has 0 aromatic heterocycles. The summed E-state index contributed by atoms with van der Waals surface area (Å²) in [6.45, 7) is 10.8. The summed E-state index contributed by atoms with van der Waals surface area (Å²) in [5.74, 6) is 0.921. The van der Waals surface area contributed by atoms with Crippen LogP contribution in [0.25, 0.3) is 0 Å². The highest BCUT2D eigenvalue weighted by molar-refractivity contribution is 9.09. The summed E-state index contributed by atoms with van der Waals surface area (Å²) >= 11 is 3.47. The first kappa shape index (κ1) is 17.7. The number of rotatable bonds is 6. The molecule has 0 saturated carbocycles. The van der Waals surface area contributed by atoms with Gasteiger partial charge in [0.2, 0.25) is 0 Å². The average Bonchev–Trinajstić information content (AvgIpc) is 2.37. The fourth-order valence-electron chi connectivity index (χ4n) is 2.28. The molecule has 114 valence electrons. The summed E-state index contributed by atoms with van der Waals surface area (Å²) in [6.07, 6.45) is 1.01. The van der Waals surface area contributed by atoms with Crippen LogP contribution in [0.15, 0.2) is 24.3 Å². The molecule has 2 nitrogen and oxygen atoms in total. The van der Waals surface area contributed by atoms with Gasteiger partial charge in [-0.25, -0.2) is 0 Å². The first-order chi connectivity index (χ1) is 9.24. The predicted molar refractivity (Wildman–Crippen MR) is 92.9 cm³/mol. The van der Waals surface area contributed by atoms with E-state index in [1.165, 1.54) is 5.56 Å². The lowest BCUT2D eigenvalue weighted by Gasteiger charge is -2.45. The number of hydrogen-bond acceptors (Lipinski definition) is 2. The van der Waals surface area contributed by atoms with E-state index in [-0.39, 0.29) is 17.1 Å². The summed E-state index contributed by atoms with van der Waals surface area (Å²) in [5.41, 5.74) is 1.03. The Kier molecular flexibility index (Phi) is 6.29. The van der Waals surface area contributed by atoms with Crippen LogP contribution >= 0.6 is 15.9 Å². The van der Waals surface area contributed by atoms with Crippen molar-refractivity contribution < 1.29 is 9.16 Å². The van der Waals surface area contributed by atoms with Crippen molar-refractivity contribution in [2.45, 2.75) is 52.7 Å². The van der Waals surface area contributed by atoms with Crippen molar-refractivity contribution in [2.24, 2.45) is 5.41 Å². The second-order valence-corrected chi connectivity index (χ2v) is 7.61. The van der Waals surface area contributed by atoms with Gasteiger partial charge in [0.25, 0.3) is 0 Å². The maximum atomic E-state index is 6.17. The van der Waals surface area contributed by atoms with E-state index in [0.29, 0.717) is 10.5 Å². The topological polar surface area (TPSA) is 18.5 Å². The number of alkyl halides is 1. The molecule has 0 bridgehead atoms. The Labute approximate surface area is 134 Å². The lowest BCUT2D eigenvalue weighted by Crippen LogP contribution is -2.53. The van der Waals surface area contributed by atoms with E-state index in [4.69, 9.17) is 9.16 Å². The Morgan fingerprint density at radius 3 is 2.40 bits per heavy atom. The van der Waals surface area contributed by atoms with Crippen molar-refractivity contribution >= 4 is 26.4 Å². The molecule has 0 amide bonds. The molecule has 1 aromatic rings. The van der Waals surface area contributed by atoms with Gasteiger partial charge in [-0.05, 0) is 43.4 Å². The summed E-state index contributed by atoms with van der Waals surface area (Å²) in [7, 11) is 0.706. The molecule has 0 aliphatic rings. The molecule has 0 N–H and O–H groups in total. The highest BCUT2D eigenvalue weighted by Gasteiger charge is 2.43. The molecular weight excluding hydrogens is 332 g/mol. The molecule has 0 spiro atoms. The van der Waals surface area contributed by atoms with Crippen LogP contribution in [-0.4, -0.2) is 27.5 Å². The van der Waals surface area contributed by atoms with E-state index in [2.05, 4.69) is 68.7 Å². The smallest absolute Gasteiger partial charge is 0.147 e. The largest absolute Gasteiger partial charge is 0.488 e. The van der Waals surface area contributed by atoms with Crippen LogP contribution in [0.3, 0.4) is 0 Å². The van der Waals surface area contributed by atoms with E-state index in [0.717, 1.165) is 17.5 Å². The van der Waals surface area contributed by atoms with Crippen LogP contribution in [0.5, 0.6) is 5.75 Å². The Morgan fingerprint density at radius 1 is 1.25 bits per heavy atom. The van der Waals surface area contributed by atoms with Crippen LogP contribution in [0.2, 0.25) is 0 Å². The average molecular weight is 359 g/mol. The quantitative estimate of drug-likeness (QED) is 0.572.